The standard InChI is InChI=1S/C13H17Cl2N3O2/c1-18(2)5-3-4-16-12(19)13(20)17-11-7-9(14)6-10(15)8-11/h6-8H,3-5H2,1-2H3,(H,16,19)(H,17,20). The number of carbonyl (C=O) groups excluding carboxylic acids is 2. The van der Waals surface area contributed by atoms with Gasteiger partial charge >= 0.3 is 11.8 Å². The van der Waals surface area contributed by atoms with E-state index in [1.54, 1.807) is 6.07 Å². The quantitative estimate of drug-likeness (QED) is 0.645. The van der Waals surface area contributed by atoms with Crippen LogP contribution in [0.5, 0.6) is 0 Å². The first kappa shape index (κ1) is 16.8. The van der Waals surface area contributed by atoms with Crippen LogP contribution < -0.4 is 10.6 Å². The van der Waals surface area contributed by atoms with Crippen molar-refractivity contribution in [3.8, 4) is 0 Å². The first-order valence-electron chi connectivity index (χ1n) is 6.08. The summed E-state index contributed by atoms with van der Waals surface area (Å²) in [7, 11) is 3.88. The minimum Gasteiger partial charge on any atom is -0.348 e. The van der Waals surface area contributed by atoms with E-state index in [4.69, 9.17) is 23.2 Å². The fourth-order valence-corrected chi connectivity index (χ4v) is 2.02. The topological polar surface area (TPSA) is 61.4 Å². The maximum atomic E-state index is 11.6. The fraction of sp³-hybridized carbons (Fsp3) is 0.385. The summed E-state index contributed by atoms with van der Waals surface area (Å²) in [4.78, 5) is 25.2. The fourth-order valence-electron chi connectivity index (χ4n) is 1.49. The molecule has 110 valence electrons. The van der Waals surface area contributed by atoms with Gasteiger partial charge in [0.15, 0.2) is 0 Å². The Morgan fingerprint density at radius 2 is 1.70 bits per heavy atom. The number of amides is 2. The Hall–Kier alpha value is -1.30. The molecule has 5 nitrogen and oxygen atoms in total. The predicted octanol–water partition coefficient (Wildman–Crippen LogP) is 2.00. The van der Waals surface area contributed by atoms with Crippen LogP contribution in [0.4, 0.5) is 5.69 Å². The van der Waals surface area contributed by atoms with E-state index in [0.717, 1.165) is 13.0 Å². The molecular formula is C13H17Cl2N3O2. The molecule has 0 aliphatic carbocycles. The van der Waals surface area contributed by atoms with Crippen molar-refractivity contribution in [1.29, 1.82) is 0 Å². The van der Waals surface area contributed by atoms with Gasteiger partial charge in [-0.15, -0.1) is 0 Å². The predicted molar refractivity (Wildman–Crippen MR) is 81.3 cm³/mol. The molecule has 0 heterocycles. The third kappa shape index (κ3) is 6.23. The highest BCUT2D eigenvalue weighted by Gasteiger charge is 2.13. The maximum Gasteiger partial charge on any atom is 0.313 e. The Bertz CT molecular complexity index is 472. The van der Waals surface area contributed by atoms with Gasteiger partial charge in [-0.25, -0.2) is 0 Å². The zero-order valence-electron chi connectivity index (χ0n) is 11.4. The monoisotopic (exact) mass is 317 g/mol. The van der Waals surface area contributed by atoms with Gasteiger partial charge < -0.3 is 15.5 Å². The number of benzene rings is 1. The molecule has 0 aliphatic heterocycles. The summed E-state index contributed by atoms with van der Waals surface area (Å²) in [5.74, 6) is -1.42. The number of hydrogen-bond acceptors (Lipinski definition) is 3. The molecule has 0 radical (unpaired) electrons. The Balaban J connectivity index is 2.43. The number of hydrogen-bond donors (Lipinski definition) is 2. The smallest absolute Gasteiger partial charge is 0.313 e. The average Bonchev–Trinajstić information content (AvgIpc) is 2.32. The normalized spacial score (nSPS) is 10.4. The highest BCUT2D eigenvalue weighted by molar-refractivity contribution is 6.40. The zero-order valence-corrected chi connectivity index (χ0v) is 12.9. The SMILES string of the molecule is CN(C)CCCNC(=O)C(=O)Nc1cc(Cl)cc(Cl)c1. The number of nitrogens with one attached hydrogen (secondary N) is 2. The van der Waals surface area contributed by atoms with Crippen molar-refractivity contribution in [1.82, 2.24) is 10.2 Å². The van der Waals surface area contributed by atoms with E-state index in [1.807, 2.05) is 19.0 Å². The summed E-state index contributed by atoms with van der Waals surface area (Å²) in [6, 6.07) is 4.58. The highest BCUT2D eigenvalue weighted by Crippen LogP contribution is 2.22. The lowest BCUT2D eigenvalue weighted by atomic mass is 10.3. The lowest BCUT2D eigenvalue weighted by molar-refractivity contribution is -0.136. The molecule has 20 heavy (non-hydrogen) atoms. The number of halogens is 2. The summed E-state index contributed by atoms with van der Waals surface area (Å²) < 4.78 is 0. The molecule has 0 aliphatic rings. The molecule has 0 fully saturated rings. The summed E-state index contributed by atoms with van der Waals surface area (Å²) in [6.07, 6.45) is 0.773. The first-order valence-corrected chi connectivity index (χ1v) is 6.84. The van der Waals surface area contributed by atoms with Crippen molar-refractivity contribution < 1.29 is 9.59 Å². The molecule has 0 saturated carbocycles. The zero-order chi connectivity index (χ0) is 15.1. The van der Waals surface area contributed by atoms with Gasteiger partial charge in [0.05, 0.1) is 0 Å². The number of carbonyl (C=O) groups is 2. The van der Waals surface area contributed by atoms with Gasteiger partial charge in [-0.2, -0.15) is 0 Å². The van der Waals surface area contributed by atoms with Gasteiger partial charge in [-0.1, -0.05) is 23.2 Å². The molecule has 1 aromatic carbocycles. The molecule has 7 heteroatoms. The van der Waals surface area contributed by atoms with E-state index in [-0.39, 0.29) is 0 Å². The van der Waals surface area contributed by atoms with E-state index in [9.17, 15) is 9.59 Å². The van der Waals surface area contributed by atoms with Crippen molar-refractivity contribution in [3.63, 3.8) is 0 Å². The summed E-state index contributed by atoms with van der Waals surface area (Å²) in [5.41, 5.74) is 0.385. The van der Waals surface area contributed by atoms with E-state index < -0.39 is 11.8 Å². The first-order chi connectivity index (χ1) is 9.38. The van der Waals surface area contributed by atoms with Gasteiger partial charge in [-0.05, 0) is 45.3 Å². The molecule has 2 amide bonds. The van der Waals surface area contributed by atoms with Crippen molar-refractivity contribution in [3.05, 3.63) is 28.2 Å². The highest BCUT2D eigenvalue weighted by atomic mass is 35.5. The van der Waals surface area contributed by atoms with E-state index in [0.29, 0.717) is 22.3 Å². The minimum atomic E-state index is -0.742. The second-order valence-electron chi connectivity index (χ2n) is 4.52. The van der Waals surface area contributed by atoms with Crippen LogP contribution in [0.15, 0.2) is 18.2 Å². The van der Waals surface area contributed by atoms with Gasteiger partial charge in [0, 0.05) is 22.3 Å². The van der Waals surface area contributed by atoms with Gasteiger partial charge in [0.1, 0.15) is 0 Å². The Labute approximate surface area is 128 Å². The lowest BCUT2D eigenvalue weighted by Gasteiger charge is -2.10. The van der Waals surface area contributed by atoms with Gasteiger partial charge in [-0.3, -0.25) is 9.59 Å². The second-order valence-corrected chi connectivity index (χ2v) is 5.40. The van der Waals surface area contributed by atoms with Crippen molar-refractivity contribution in [2.75, 3.05) is 32.5 Å². The van der Waals surface area contributed by atoms with Crippen LogP contribution in [-0.2, 0) is 9.59 Å². The molecule has 0 spiro atoms. The van der Waals surface area contributed by atoms with Crippen LogP contribution in [-0.4, -0.2) is 43.9 Å². The van der Waals surface area contributed by atoms with Gasteiger partial charge in [0.25, 0.3) is 0 Å². The summed E-state index contributed by atoms with van der Waals surface area (Å²) >= 11 is 11.6. The Morgan fingerprint density at radius 1 is 1.10 bits per heavy atom. The average molecular weight is 318 g/mol. The molecule has 0 saturated heterocycles. The third-order valence-corrected chi connectivity index (χ3v) is 2.83. The molecular weight excluding hydrogens is 301 g/mol. The van der Waals surface area contributed by atoms with Crippen molar-refractivity contribution in [2.24, 2.45) is 0 Å². The molecule has 0 aromatic heterocycles. The molecule has 2 N–H and O–H groups in total. The van der Waals surface area contributed by atoms with Crippen LogP contribution in [0.2, 0.25) is 10.0 Å². The van der Waals surface area contributed by atoms with E-state index in [1.165, 1.54) is 12.1 Å². The molecule has 0 bridgehead atoms. The summed E-state index contributed by atoms with van der Waals surface area (Å²) in [6.45, 7) is 1.28. The largest absolute Gasteiger partial charge is 0.348 e. The van der Waals surface area contributed by atoms with Crippen LogP contribution in [0.25, 0.3) is 0 Å². The van der Waals surface area contributed by atoms with E-state index >= 15 is 0 Å². The molecule has 0 unspecified atom stereocenters. The van der Waals surface area contributed by atoms with Crippen LogP contribution >= 0.6 is 23.2 Å². The summed E-state index contributed by atoms with van der Waals surface area (Å²) in [5, 5.41) is 5.76. The van der Waals surface area contributed by atoms with E-state index in [2.05, 4.69) is 10.6 Å². The van der Waals surface area contributed by atoms with Crippen molar-refractivity contribution in [2.45, 2.75) is 6.42 Å². The van der Waals surface area contributed by atoms with Crippen LogP contribution in [0, 0.1) is 0 Å². The third-order valence-electron chi connectivity index (χ3n) is 2.39. The Morgan fingerprint density at radius 3 is 2.25 bits per heavy atom. The lowest BCUT2D eigenvalue weighted by Crippen LogP contribution is -2.36. The van der Waals surface area contributed by atoms with Crippen LogP contribution in [0.1, 0.15) is 6.42 Å². The van der Waals surface area contributed by atoms with Crippen LogP contribution in [0.3, 0.4) is 0 Å². The van der Waals surface area contributed by atoms with Gasteiger partial charge in [0.2, 0.25) is 0 Å². The maximum absolute atomic E-state index is 11.6. The second kappa shape index (κ2) is 8.09. The number of anilines is 1. The molecule has 1 rings (SSSR count). The Kier molecular flexibility index (Phi) is 6.78. The number of rotatable bonds is 5. The minimum absolute atomic E-state index is 0.385. The molecule has 0 atom stereocenters. The number of nitrogens with zero attached hydrogens (tertiary/aromatic N) is 1. The van der Waals surface area contributed by atoms with Crippen molar-refractivity contribution >= 4 is 40.7 Å². The molecule has 1 aromatic rings.